The van der Waals surface area contributed by atoms with E-state index in [0.717, 1.165) is 24.5 Å². The molecule has 7 nitrogen and oxygen atoms in total. The number of ether oxygens (including phenoxy) is 3. The minimum absolute atomic E-state index is 0.113. The van der Waals surface area contributed by atoms with Crippen LogP contribution in [0.3, 0.4) is 0 Å². The van der Waals surface area contributed by atoms with Crippen LogP contribution >= 0.6 is 0 Å². The molecule has 3 rings (SSSR count). The molecule has 1 aromatic carbocycles. The Morgan fingerprint density at radius 1 is 1.15 bits per heavy atom. The second-order valence-corrected chi connectivity index (χ2v) is 5.92. The van der Waals surface area contributed by atoms with Gasteiger partial charge in [0.05, 0.1) is 45.7 Å². The van der Waals surface area contributed by atoms with Crippen molar-refractivity contribution in [1.82, 2.24) is 4.98 Å². The van der Waals surface area contributed by atoms with E-state index in [0.29, 0.717) is 30.4 Å². The van der Waals surface area contributed by atoms with Crippen LogP contribution < -0.4 is 19.7 Å². The summed E-state index contributed by atoms with van der Waals surface area (Å²) >= 11 is 0. The molecule has 0 aliphatic carbocycles. The van der Waals surface area contributed by atoms with E-state index >= 15 is 0 Å². The first kappa shape index (κ1) is 18.0. The van der Waals surface area contributed by atoms with Crippen molar-refractivity contribution in [3.63, 3.8) is 0 Å². The van der Waals surface area contributed by atoms with Gasteiger partial charge in [-0.3, -0.25) is 4.79 Å². The van der Waals surface area contributed by atoms with Crippen LogP contribution in [0.15, 0.2) is 36.5 Å². The third-order valence-electron chi connectivity index (χ3n) is 4.18. The van der Waals surface area contributed by atoms with Gasteiger partial charge >= 0.3 is 0 Å². The molecule has 0 atom stereocenters. The van der Waals surface area contributed by atoms with Crippen molar-refractivity contribution in [2.75, 3.05) is 50.7 Å². The highest BCUT2D eigenvalue weighted by atomic mass is 16.5. The van der Waals surface area contributed by atoms with Crippen LogP contribution in [0.5, 0.6) is 11.5 Å². The molecule has 7 heteroatoms. The van der Waals surface area contributed by atoms with Crippen LogP contribution in [0.25, 0.3) is 0 Å². The summed E-state index contributed by atoms with van der Waals surface area (Å²) in [7, 11) is 3.15. The lowest BCUT2D eigenvalue weighted by molar-refractivity contribution is -0.115. The summed E-state index contributed by atoms with van der Waals surface area (Å²) in [6, 6.07) is 9.22. The quantitative estimate of drug-likeness (QED) is 0.854. The van der Waals surface area contributed by atoms with Gasteiger partial charge in [-0.15, -0.1) is 0 Å². The summed E-state index contributed by atoms with van der Waals surface area (Å²) in [5.74, 6) is 2.03. The predicted octanol–water partition coefficient (Wildman–Crippen LogP) is 2.12. The number of benzene rings is 1. The number of nitrogens with zero attached hydrogens (tertiary/aromatic N) is 2. The standard InChI is InChI=1S/C19H23N3O4/c1-24-16-5-3-14(11-17(16)25-2)12-19(23)21-15-4-6-18(20-13-15)22-7-9-26-10-8-22/h3-6,11,13H,7-10,12H2,1-2H3,(H,21,23). The largest absolute Gasteiger partial charge is 0.493 e. The molecule has 0 spiro atoms. The number of nitrogens with one attached hydrogen (secondary N) is 1. The van der Waals surface area contributed by atoms with Gasteiger partial charge in [0.25, 0.3) is 0 Å². The van der Waals surface area contributed by atoms with Gasteiger partial charge in [0, 0.05) is 13.1 Å². The van der Waals surface area contributed by atoms with Gasteiger partial charge < -0.3 is 24.4 Å². The average Bonchev–Trinajstić information content (AvgIpc) is 2.69. The number of aromatic nitrogens is 1. The minimum Gasteiger partial charge on any atom is -0.493 e. The van der Waals surface area contributed by atoms with Crippen molar-refractivity contribution in [1.29, 1.82) is 0 Å². The molecule has 0 radical (unpaired) electrons. The van der Waals surface area contributed by atoms with Crippen molar-refractivity contribution in [2.45, 2.75) is 6.42 Å². The number of carbonyl (C=O) groups excluding carboxylic acids is 1. The molecular weight excluding hydrogens is 334 g/mol. The van der Waals surface area contributed by atoms with E-state index < -0.39 is 0 Å². The van der Waals surface area contributed by atoms with Crippen molar-refractivity contribution in [2.24, 2.45) is 0 Å². The molecule has 2 heterocycles. The van der Waals surface area contributed by atoms with Crippen LogP contribution in [-0.2, 0) is 16.0 Å². The summed E-state index contributed by atoms with van der Waals surface area (Å²) in [4.78, 5) is 18.9. The highest BCUT2D eigenvalue weighted by Crippen LogP contribution is 2.27. The molecule has 1 aliphatic rings. The fourth-order valence-corrected chi connectivity index (χ4v) is 2.82. The lowest BCUT2D eigenvalue weighted by Gasteiger charge is -2.27. The lowest BCUT2D eigenvalue weighted by atomic mass is 10.1. The lowest BCUT2D eigenvalue weighted by Crippen LogP contribution is -2.36. The molecular formula is C19H23N3O4. The molecule has 0 bridgehead atoms. The third kappa shape index (κ3) is 4.43. The van der Waals surface area contributed by atoms with Gasteiger partial charge in [-0.2, -0.15) is 0 Å². The highest BCUT2D eigenvalue weighted by Gasteiger charge is 2.13. The number of hydrogen-bond donors (Lipinski definition) is 1. The summed E-state index contributed by atoms with van der Waals surface area (Å²) in [5.41, 5.74) is 1.52. The zero-order valence-electron chi connectivity index (χ0n) is 15.0. The Kier molecular flexibility index (Phi) is 5.91. The molecule has 138 valence electrons. The van der Waals surface area contributed by atoms with Gasteiger partial charge in [-0.1, -0.05) is 6.07 Å². The van der Waals surface area contributed by atoms with Gasteiger partial charge in [0.2, 0.25) is 5.91 Å². The van der Waals surface area contributed by atoms with E-state index in [1.54, 1.807) is 32.5 Å². The Balaban J connectivity index is 1.59. The number of methoxy groups -OCH3 is 2. The zero-order chi connectivity index (χ0) is 18.4. The van der Waals surface area contributed by atoms with Crippen molar-refractivity contribution >= 4 is 17.4 Å². The number of morpholine rings is 1. The molecule has 1 saturated heterocycles. The first-order chi connectivity index (χ1) is 12.7. The Bertz CT molecular complexity index is 743. The molecule has 1 N–H and O–H groups in total. The Hall–Kier alpha value is -2.80. The monoisotopic (exact) mass is 357 g/mol. The molecule has 1 amide bonds. The Labute approximate surface area is 152 Å². The maximum Gasteiger partial charge on any atom is 0.228 e. The third-order valence-corrected chi connectivity index (χ3v) is 4.18. The van der Waals surface area contributed by atoms with Crippen LogP contribution in [-0.4, -0.2) is 51.4 Å². The molecule has 1 aliphatic heterocycles. The Morgan fingerprint density at radius 2 is 1.92 bits per heavy atom. The highest BCUT2D eigenvalue weighted by molar-refractivity contribution is 5.92. The zero-order valence-corrected chi connectivity index (χ0v) is 15.0. The number of rotatable bonds is 6. The van der Waals surface area contributed by atoms with Crippen LogP contribution in [0.4, 0.5) is 11.5 Å². The van der Waals surface area contributed by atoms with Gasteiger partial charge in [-0.25, -0.2) is 4.98 Å². The molecule has 0 unspecified atom stereocenters. The SMILES string of the molecule is COc1ccc(CC(=O)Nc2ccc(N3CCOCC3)nc2)cc1OC. The summed E-state index contributed by atoms with van der Waals surface area (Å²) in [6.45, 7) is 3.09. The second-order valence-electron chi connectivity index (χ2n) is 5.92. The predicted molar refractivity (Wildman–Crippen MR) is 99.1 cm³/mol. The van der Waals surface area contributed by atoms with Crippen molar-refractivity contribution < 1.29 is 19.0 Å². The normalized spacial score (nSPS) is 14.0. The molecule has 1 aromatic heterocycles. The van der Waals surface area contributed by atoms with Crippen LogP contribution in [0.1, 0.15) is 5.56 Å². The van der Waals surface area contributed by atoms with Crippen LogP contribution in [0, 0.1) is 0 Å². The fourth-order valence-electron chi connectivity index (χ4n) is 2.82. The van der Waals surface area contributed by atoms with E-state index in [1.807, 2.05) is 18.2 Å². The first-order valence-corrected chi connectivity index (χ1v) is 8.49. The number of amides is 1. The average molecular weight is 357 g/mol. The number of anilines is 2. The second kappa shape index (κ2) is 8.53. The summed E-state index contributed by atoms with van der Waals surface area (Å²) < 4.78 is 15.8. The number of hydrogen-bond acceptors (Lipinski definition) is 6. The first-order valence-electron chi connectivity index (χ1n) is 8.49. The summed E-state index contributed by atoms with van der Waals surface area (Å²) in [6.07, 6.45) is 1.92. The summed E-state index contributed by atoms with van der Waals surface area (Å²) in [5, 5.41) is 2.87. The van der Waals surface area contributed by atoms with Gasteiger partial charge in [0.15, 0.2) is 11.5 Å². The van der Waals surface area contributed by atoms with Gasteiger partial charge in [0.1, 0.15) is 5.82 Å². The maximum absolute atomic E-state index is 12.3. The van der Waals surface area contributed by atoms with Crippen LogP contribution in [0.2, 0.25) is 0 Å². The van der Waals surface area contributed by atoms with E-state index in [1.165, 1.54) is 0 Å². The van der Waals surface area contributed by atoms with Gasteiger partial charge in [-0.05, 0) is 29.8 Å². The van der Waals surface area contributed by atoms with E-state index in [4.69, 9.17) is 14.2 Å². The molecule has 0 saturated carbocycles. The van der Waals surface area contributed by atoms with E-state index in [2.05, 4.69) is 15.2 Å². The van der Waals surface area contributed by atoms with Crippen molar-refractivity contribution in [3.05, 3.63) is 42.1 Å². The molecule has 1 fully saturated rings. The topological polar surface area (TPSA) is 72.9 Å². The maximum atomic E-state index is 12.3. The molecule has 26 heavy (non-hydrogen) atoms. The number of pyridine rings is 1. The van der Waals surface area contributed by atoms with E-state index in [9.17, 15) is 4.79 Å². The Morgan fingerprint density at radius 3 is 2.58 bits per heavy atom. The number of carbonyl (C=O) groups is 1. The molecule has 2 aromatic rings. The minimum atomic E-state index is -0.113. The van der Waals surface area contributed by atoms with E-state index in [-0.39, 0.29) is 12.3 Å². The smallest absolute Gasteiger partial charge is 0.228 e. The fraction of sp³-hybridized carbons (Fsp3) is 0.368. The van der Waals surface area contributed by atoms with Crippen molar-refractivity contribution in [3.8, 4) is 11.5 Å².